The predicted octanol–water partition coefficient (Wildman–Crippen LogP) is 1.14. The van der Waals surface area contributed by atoms with Crippen molar-refractivity contribution in [2.75, 3.05) is 49.1 Å². The van der Waals surface area contributed by atoms with Gasteiger partial charge in [0.1, 0.15) is 0 Å². The third-order valence-electron chi connectivity index (χ3n) is 4.33. The quantitative estimate of drug-likeness (QED) is 0.835. The van der Waals surface area contributed by atoms with Gasteiger partial charge in [0.25, 0.3) is 0 Å². The van der Waals surface area contributed by atoms with E-state index in [4.69, 9.17) is 0 Å². The van der Waals surface area contributed by atoms with Crippen molar-refractivity contribution in [3.63, 3.8) is 0 Å². The summed E-state index contributed by atoms with van der Waals surface area (Å²) < 4.78 is 0. The summed E-state index contributed by atoms with van der Waals surface area (Å²) >= 11 is 0. The number of carbonyl (C=O) groups is 1. The molecule has 3 rings (SSSR count). The molecule has 0 unspecified atom stereocenters. The van der Waals surface area contributed by atoms with Crippen molar-refractivity contribution < 1.29 is 4.79 Å². The highest BCUT2D eigenvalue weighted by molar-refractivity contribution is 5.76. The molecule has 0 aliphatic carbocycles. The molecule has 2 fully saturated rings. The van der Waals surface area contributed by atoms with E-state index in [1.54, 1.807) is 0 Å². The van der Waals surface area contributed by atoms with E-state index in [0.29, 0.717) is 6.42 Å². The van der Waals surface area contributed by atoms with E-state index in [1.807, 2.05) is 11.8 Å². The molecular formula is C15H23N5O. The van der Waals surface area contributed by atoms with Crippen LogP contribution in [0, 0.1) is 0 Å². The van der Waals surface area contributed by atoms with E-state index in [1.165, 1.54) is 12.8 Å². The first kappa shape index (κ1) is 14.1. The van der Waals surface area contributed by atoms with Crippen LogP contribution in [0.1, 0.15) is 26.2 Å². The Morgan fingerprint density at radius 1 is 0.952 bits per heavy atom. The van der Waals surface area contributed by atoms with Crippen LogP contribution in [-0.4, -0.2) is 60.3 Å². The molecule has 0 aromatic carbocycles. The Balaban J connectivity index is 1.59. The summed E-state index contributed by atoms with van der Waals surface area (Å²) in [4.78, 5) is 18.1. The van der Waals surface area contributed by atoms with Gasteiger partial charge in [0, 0.05) is 45.7 Å². The molecule has 1 amide bonds. The van der Waals surface area contributed by atoms with Crippen LogP contribution in [0.2, 0.25) is 0 Å². The van der Waals surface area contributed by atoms with Crippen molar-refractivity contribution in [1.29, 1.82) is 0 Å². The summed E-state index contributed by atoms with van der Waals surface area (Å²) in [6, 6.07) is 4.12. The molecule has 0 spiro atoms. The topological polar surface area (TPSA) is 52.6 Å². The molecule has 1 aromatic heterocycles. The second kappa shape index (κ2) is 6.28. The van der Waals surface area contributed by atoms with Crippen molar-refractivity contribution >= 4 is 17.5 Å². The number of aromatic nitrogens is 2. The first-order valence-corrected chi connectivity index (χ1v) is 7.89. The van der Waals surface area contributed by atoms with Crippen LogP contribution >= 0.6 is 0 Å². The van der Waals surface area contributed by atoms with Crippen molar-refractivity contribution in [3.05, 3.63) is 12.1 Å². The Hall–Kier alpha value is -1.85. The molecule has 0 bridgehead atoms. The molecule has 0 radical (unpaired) electrons. The van der Waals surface area contributed by atoms with Crippen LogP contribution in [0.4, 0.5) is 11.6 Å². The summed E-state index contributed by atoms with van der Waals surface area (Å²) in [6.45, 7) is 7.33. The molecule has 0 saturated carbocycles. The van der Waals surface area contributed by atoms with Gasteiger partial charge in [0.05, 0.1) is 0 Å². The van der Waals surface area contributed by atoms with Gasteiger partial charge in [-0.2, -0.15) is 0 Å². The average Bonchev–Trinajstić information content (AvgIpc) is 3.09. The van der Waals surface area contributed by atoms with Crippen molar-refractivity contribution in [2.45, 2.75) is 26.2 Å². The first-order valence-electron chi connectivity index (χ1n) is 7.89. The molecule has 0 N–H and O–H groups in total. The van der Waals surface area contributed by atoms with Crippen LogP contribution in [-0.2, 0) is 4.79 Å². The molecule has 2 aliphatic heterocycles. The highest BCUT2D eigenvalue weighted by Crippen LogP contribution is 2.19. The molecule has 21 heavy (non-hydrogen) atoms. The molecule has 0 atom stereocenters. The predicted molar refractivity (Wildman–Crippen MR) is 82.6 cm³/mol. The maximum absolute atomic E-state index is 11.7. The number of hydrogen-bond acceptors (Lipinski definition) is 5. The Bertz CT molecular complexity index is 475. The Kier molecular flexibility index (Phi) is 4.22. The SMILES string of the molecule is CCC(=O)N1CCN(c2ccc(N3CCCC3)nn2)CC1. The second-order valence-corrected chi connectivity index (χ2v) is 5.67. The van der Waals surface area contributed by atoms with Crippen molar-refractivity contribution in [3.8, 4) is 0 Å². The van der Waals surface area contributed by atoms with Crippen LogP contribution in [0.25, 0.3) is 0 Å². The normalized spacial score (nSPS) is 19.2. The van der Waals surface area contributed by atoms with Gasteiger partial charge in [-0.1, -0.05) is 6.92 Å². The third-order valence-corrected chi connectivity index (χ3v) is 4.33. The molecular weight excluding hydrogens is 266 g/mol. The summed E-state index contributed by atoms with van der Waals surface area (Å²) in [5.74, 6) is 2.14. The number of piperazine rings is 1. The minimum absolute atomic E-state index is 0.241. The molecule has 1 aromatic rings. The number of amides is 1. The van der Waals surface area contributed by atoms with E-state index >= 15 is 0 Å². The fourth-order valence-corrected chi connectivity index (χ4v) is 3.01. The Labute approximate surface area is 125 Å². The van der Waals surface area contributed by atoms with Crippen molar-refractivity contribution in [2.24, 2.45) is 0 Å². The van der Waals surface area contributed by atoms with Crippen LogP contribution in [0.5, 0.6) is 0 Å². The van der Waals surface area contributed by atoms with Gasteiger partial charge in [-0.15, -0.1) is 10.2 Å². The molecule has 6 nitrogen and oxygen atoms in total. The lowest BCUT2D eigenvalue weighted by Crippen LogP contribution is -2.48. The number of anilines is 2. The number of nitrogens with zero attached hydrogens (tertiary/aromatic N) is 5. The first-order chi connectivity index (χ1) is 10.3. The fraction of sp³-hybridized carbons (Fsp3) is 0.667. The van der Waals surface area contributed by atoms with Gasteiger partial charge in [0.2, 0.25) is 5.91 Å². The minimum Gasteiger partial charge on any atom is -0.355 e. The van der Waals surface area contributed by atoms with Gasteiger partial charge in [-0.25, -0.2) is 0 Å². The lowest BCUT2D eigenvalue weighted by Gasteiger charge is -2.35. The van der Waals surface area contributed by atoms with E-state index in [9.17, 15) is 4.79 Å². The number of rotatable bonds is 3. The molecule has 2 saturated heterocycles. The Morgan fingerprint density at radius 2 is 1.48 bits per heavy atom. The maximum atomic E-state index is 11.7. The van der Waals surface area contributed by atoms with Crippen LogP contribution < -0.4 is 9.80 Å². The molecule has 2 aliphatic rings. The highest BCUT2D eigenvalue weighted by atomic mass is 16.2. The highest BCUT2D eigenvalue weighted by Gasteiger charge is 2.21. The molecule has 6 heteroatoms. The molecule has 114 valence electrons. The van der Waals surface area contributed by atoms with Crippen LogP contribution in [0.3, 0.4) is 0 Å². The van der Waals surface area contributed by atoms with E-state index in [-0.39, 0.29) is 5.91 Å². The van der Waals surface area contributed by atoms with Gasteiger partial charge in [0.15, 0.2) is 11.6 Å². The summed E-state index contributed by atoms with van der Waals surface area (Å²) in [5.41, 5.74) is 0. The maximum Gasteiger partial charge on any atom is 0.222 e. The van der Waals surface area contributed by atoms with Gasteiger partial charge in [-0.05, 0) is 25.0 Å². The van der Waals surface area contributed by atoms with Gasteiger partial charge in [-0.3, -0.25) is 4.79 Å². The van der Waals surface area contributed by atoms with Gasteiger partial charge >= 0.3 is 0 Å². The largest absolute Gasteiger partial charge is 0.355 e. The smallest absolute Gasteiger partial charge is 0.222 e. The number of carbonyl (C=O) groups excluding carboxylic acids is 1. The van der Waals surface area contributed by atoms with Crippen LogP contribution in [0.15, 0.2) is 12.1 Å². The fourth-order valence-electron chi connectivity index (χ4n) is 3.01. The standard InChI is InChI=1S/C15H23N5O/c1-2-15(21)20-11-9-19(10-12-20)14-6-5-13(16-17-14)18-7-3-4-8-18/h5-6H,2-4,7-12H2,1H3. The minimum atomic E-state index is 0.241. The van der Waals surface area contributed by atoms with E-state index < -0.39 is 0 Å². The Morgan fingerprint density at radius 3 is 1.95 bits per heavy atom. The number of hydrogen-bond donors (Lipinski definition) is 0. The lowest BCUT2D eigenvalue weighted by molar-refractivity contribution is -0.131. The van der Waals surface area contributed by atoms with Gasteiger partial charge < -0.3 is 14.7 Å². The van der Waals surface area contributed by atoms with E-state index in [2.05, 4.69) is 32.1 Å². The van der Waals surface area contributed by atoms with E-state index in [0.717, 1.165) is 50.9 Å². The lowest BCUT2D eigenvalue weighted by atomic mass is 10.3. The third kappa shape index (κ3) is 3.09. The summed E-state index contributed by atoms with van der Waals surface area (Å²) in [7, 11) is 0. The van der Waals surface area contributed by atoms with Crippen molar-refractivity contribution in [1.82, 2.24) is 15.1 Å². The summed E-state index contributed by atoms with van der Waals surface area (Å²) in [5, 5.41) is 8.73. The second-order valence-electron chi connectivity index (χ2n) is 5.67. The monoisotopic (exact) mass is 289 g/mol. The average molecular weight is 289 g/mol. The zero-order valence-corrected chi connectivity index (χ0v) is 12.7. The summed E-state index contributed by atoms with van der Waals surface area (Å²) in [6.07, 6.45) is 3.08. The zero-order chi connectivity index (χ0) is 14.7. The molecule has 3 heterocycles. The zero-order valence-electron chi connectivity index (χ0n) is 12.7.